The first-order valence-corrected chi connectivity index (χ1v) is 9.61. The molecule has 2 fully saturated rings. The number of nitrogens with one attached hydrogen (secondary N) is 1. The maximum absolute atomic E-state index is 12.7. The molecule has 8 heteroatoms. The normalized spacial score (nSPS) is 22.0. The van der Waals surface area contributed by atoms with Crippen molar-refractivity contribution in [2.75, 3.05) is 33.2 Å². The molecule has 1 aliphatic carbocycles. The molecule has 1 saturated carbocycles. The van der Waals surface area contributed by atoms with Gasteiger partial charge in [-0.15, -0.1) is 0 Å². The van der Waals surface area contributed by atoms with E-state index in [0.29, 0.717) is 25.9 Å². The minimum absolute atomic E-state index is 0.0492. The number of carbonyl (C=O) groups excluding carboxylic acids is 2. The Morgan fingerprint density at radius 2 is 1.81 bits per heavy atom. The average molecular weight is 377 g/mol. The number of alkyl halides is 3. The van der Waals surface area contributed by atoms with Crippen LogP contribution in [0.2, 0.25) is 0 Å². The van der Waals surface area contributed by atoms with E-state index in [1.165, 1.54) is 18.4 Å². The molecular formula is C18H30F3N3O2. The van der Waals surface area contributed by atoms with Crippen LogP contribution in [0, 0.1) is 5.92 Å². The molecule has 0 spiro atoms. The van der Waals surface area contributed by atoms with Crippen LogP contribution in [0.5, 0.6) is 0 Å². The van der Waals surface area contributed by atoms with Crippen LogP contribution in [0.15, 0.2) is 0 Å². The summed E-state index contributed by atoms with van der Waals surface area (Å²) in [6.45, 7) is 0.257. The van der Waals surface area contributed by atoms with Crippen molar-refractivity contribution in [3.63, 3.8) is 0 Å². The fourth-order valence-electron chi connectivity index (χ4n) is 3.95. The highest BCUT2D eigenvalue weighted by Crippen LogP contribution is 2.28. The van der Waals surface area contributed by atoms with Crippen LogP contribution in [0.3, 0.4) is 0 Å². The van der Waals surface area contributed by atoms with Gasteiger partial charge in [-0.25, -0.2) is 0 Å². The topological polar surface area (TPSA) is 52.7 Å². The summed E-state index contributed by atoms with van der Waals surface area (Å²) in [6.07, 6.45) is 2.88. The molecule has 0 radical (unpaired) electrons. The summed E-state index contributed by atoms with van der Waals surface area (Å²) in [5.74, 6) is -0.0226. The first-order valence-electron chi connectivity index (χ1n) is 9.61. The fraction of sp³-hybridized carbons (Fsp3) is 0.889. The van der Waals surface area contributed by atoms with Gasteiger partial charge in [0.2, 0.25) is 11.8 Å². The minimum atomic E-state index is -4.21. The lowest BCUT2D eigenvalue weighted by Gasteiger charge is -2.30. The van der Waals surface area contributed by atoms with Gasteiger partial charge in [-0.1, -0.05) is 19.3 Å². The third-order valence-corrected chi connectivity index (χ3v) is 5.26. The molecule has 2 rings (SSSR count). The molecule has 1 atom stereocenters. The van der Waals surface area contributed by atoms with Crippen molar-refractivity contribution in [3.8, 4) is 0 Å². The monoisotopic (exact) mass is 377 g/mol. The van der Waals surface area contributed by atoms with Gasteiger partial charge >= 0.3 is 6.18 Å². The molecule has 1 unspecified atom stereocenters. The van der Waals surface area contributed by atoms with E-state index in [1.54, 1.807) is 4.90 Å². The van der Waals surface area contributed by atoms with Crippen molar-refractivity contribution in [3.05, 3.63) is 0 Å². The lowest BCUT2D eigenvalue weighted by atomic mass is 9.88. The van der Waals surface area contributed by atoms with E-state index < -0.39 is 18.8 Å². The van der Waals surface area contributed by atoms with Crippen molar-refractivity contribution in [1.29, 1.82) is 0 Å². The van der Waals surface area contributed by atoms with Crippen LogP contribution < -0.4 is 5.32 Å². The van der Waals surface area contributed by atoms with Gasteiger partial charge in [-0.05, 0) is 45.7 Å². The largest absolute Gasteiger partial charge is 0.401 e. The zero-order chi connectivity index (χ0) is 19.2. The molecule has 1 N–H and O–H groups in total. The van der Waals surface area contributed by atoms with E-state index >= 15 is 0 Å². The maximum Gasteiger partial charge on any atom is 0.401 e. The molecule has 0 aromatic rings. The standard InChI is InChI=1S/C18H30F3N3O2/c1-23(13-18(19,20)21)11-6-10-22-16(25)15-9-5-12-24(15)17(26)14-7-3-2-4-8-14/h14-15H,2-13H2,1H3,(H,22,25). The van der Waals surface area contributed by atoms with Crippen molar-refractivity contribution in [2.45, 2.75) is 63.6 Å². The number of halogens is 3. The van der Waals surface area contributed by atoms with Gasteiger partial charge in [0.1, 0.15) is 6.04 Å². The minimum Gasteiger partial charge on any atom is -0.354 e. The molecule has 1 aliphatic heterocycles. The van der Waals surface area contributed by atoms with Gasteiger partial charge in [0.15, 0.2) is 0 Å². The quantitative estimate of drug-likeness (QED) is 0.694. The second-order valence-corrected chi connectivity index (χ2v) is 7.52. The van der Waals surface area contributed by atoms with Crippen LogP contribution in [0.1, 0.15) is 51.4 Å². The first-order chi connectivity index (χ1) is 12.3. The summed E-state index contributed by atoms with van der Waals surface area (Å²) >= 11 is 0. The number of hydrogen-bond acceptors (Lipinski definition) is 3. The second kappa shape index (κ2) is 9.58. The number of hydrogen-bond donors (Lipinski definition) is 1. The molecule has 26 heavy (non-hydrogen) atoms. The van der Waals surface area contributed by atoms with E-state index in [9.17, 15) is 22.8 Å². The fourth-order valence-corrected chi connectivity index (χ4v) is 3.95. The summed E-state index contributed by atoms with van der Waals surface area (Å²) in [6, 6.07) is -0.419. The zero-order valence-corrected chi connectivity index (χ0v) is 15.5. The van der Waals surface area contributed by atoms with E-state index in [-0.39, 0.29) is 24.3 Å². The Labute approximate surface area is 153 Å². The number of likely N-dealkylation sites (tertiary alicyclic amines) is 1. The zero-order valence-electron chi connectivity index (χ0n) is 15.5. The molecule has 0 bridgehead atoms. The van der Waals surface area contributed by atoms with Crippen LogP contribution >= 0.6 is 0 Å². The van der Waals surface area contributed by atoms with Gasteiger partial charge in [-0.3, -0.25) is 14.5 Å². The summed E-state index contributed by atoms with van der Waals surface area (Å²) in [5.41, 5.74) is 0. The molecular weight excluding hydrogens is 347 g/mol. The van der Waals surface area contributed by atoms with Crippen molar-refractivity contribution >= 4 is 11.8 Å². The number of amides is 2. The molecule has 2 amide bonds. The summed E-state index contributed by atoms with van der Waals surface area (Å²) < 4.78 is 36.8. The molecule has 1 saturated heterocycles. The molecule has 5 nitrogen and oxygen atoms in total. The summed E-state index contributed by atoms with van der Waals surface area (Å²) in [7, 11) is 1.41. The molecule has 1 heterocycles. The Balaban J connectivity index is 1.73. The van der Waals surface area contributed by atoms with E-state index in [2.05, 4.69) is 5.32 Å². The number of nitrogens with zero attached hydrogens (tertiary/aromatic N) is 2. The average Bonchev–Trinajstić information content (AvgIpc) is 3.07. The van der Waals surface area contributed by atoms with Gasteiger partial charge in [0, 0.05) is 19.0 Å². The highest BCUT2D eigenvalue weighted by molar-refractivity contribution is 5.89. The third kappa shape index (κ3) is 6.45. The predicted octanol–water partition coefficient (Wildman–Crippen LogP) is 2.56. The van der Waals surface area contributed by atoms with E-state index in [0.717, 1.165) is 32.1 Å². The highest BCUT2D eigenvalue weighted by Gasteiger charge is 2.37. The van der Waals surface area contributed by atoms with Crippen molar-refractivity contribution < 1.29 is 22.8 Å². The maximum atomic E-state index is 12.7. The van der Waals surface area contributed by atoms with Crippen LogP contribution in [-0.4, -0.2) is 67.1 Å². The Morgan fingerprint density at radius 3 is 2.46 bits per heavy atom. The van der Waals surface area contributed by atoms with Gasteiger partial charge in [0.05, 0.1) is 6.54 Å². The second-order valence-electron chi connectivity index (χ2n) is 7.52. The van der Waals surface area contributed by atoms with Crippen LogP contribution in [0.4, 0.5) is 13.2 Å². The lowest BCUT2D eigenvalue weighted by molar-refractivity contribution is -0.143. The predicted molar refractivity (Wildman–Crippen MR) is 92.5 cm³/mol. The molecule has 2 aliphatic rings. The number of rotatable bonds is 7. The van der Waals surface area contributed by atoms with Crippen LogP contribution in [0.25, 0.3) is 0 Å². The first kappa shape index (κ1) is 21.0. The Morgan fingerprint density at radius 1 is 1.12 bits per heavy atom. The molecule has 0 aromatic carbocycles. The molecule has 150 valence electrons. The lowest BCUT2D eigenvalue weighted by Crippen LogP contribution is -2.48. The Hall–Kier alpha value is -1.31. The van der Waals surface area contributed by atoms with Crippen molar-refractivity contribution in [2.24, 2.45) is 5.92 Å². The van der Waals surface area contributed by atoms with Crippen molar-refractivity contribution in [1.82, 2.24) is 15.1 Å². The Bertz CT molecular complexity index is 479. The number of carbonyl (C=O) groups is 2. The van der Waals surface area contributed by atoms with Crippen LogP contribution in [-0.2, 0) is 9.59 Å². The summed E-state index contributed by atoms with van der Waals surface area (Å²) in [5, 5.41) is 2.79. The summed E-state index contributed by atoms with van der Waals surface area (Å²) in [4.78, 5) is 28.0. The Kier molecular flexibility index (Phi) is 7.73. The molecule has 0 aromatic heterocycles. The van der Waals surface area contributed by atoms with Gasteiger partial charge in [0.25, 0.3) is 0 Å². The third-order valence-electron chi connectivity index (χ3n) is 5.26. The van der Waals surface area contributed by atoms with E-state index in [1.807, 2.05) is 0 Å². The van der Waals surface area contributed by atoms with E-state index in [4.69, 9.17) is 0 Å². The highest BCUT2D eigenvalue weighted by atomic mass is 19.4. The smallest absolute Gasteiger partial charge is 0.354 e. The SMILES string of the molecule is CN(CCCNC(=O)C1CCCN1C(=O)C1CCCCC1)CC(F)(F)F. The van der Waals surface area contributed by atoms with Gasteiger partial charge in [-0.2, -0.15) is 13.2 Å². The van der Waals surface area contributed by atoms with Gasteiger partial charge < -0.3 is 10.2 Å².